The Morgan fingerprint density at radius 3 is 2.44 bits per heavy atom. The van der Waals surface area contributed by atoms with Crippen LogP contribution < -0.4 is 21.5 Å². The van der Waals surface area contributed by atoms with Gasteiger partial charge in [-0.25, -0.2) is 4.98 Å². The fourth-order valence-corrected chi connectivity index (χ4v) is 4.80. The predicted molar refractivity (Wildman–Crippen MR) is 129 cm³/mol. The van der Waals surface area contributed by atoms with Crippen LogP contribution in [-0.2, 0) is 7.05 Å². The largest absolute Gasteiger partial charge is 0.504 e. The Morgan fingerprint density at radius 1 is 1.21 bits per heavy atom. The van der Waals surface area contributed by atoms with Crippen molar-refractivity contribution in [3.63, 3.8) is 0 Å². The van der Waals surface area contributed by atoms with Crippen molar-refractivity contribution in [1.29, 1.82) is 0 Å². The molecule has 0 unspecified atom stereocenters. The van der Waals surface area contributed by atoms with Gasteiger partial charge in [-0.15, -0.1) is 0 Å². The Kier molecular flexibility index (Phi) is 5.93. The molecule has 0 radical (unpaired) electrons. The smallest absolute Gasteiger partial charge is 0.275 e. The number of anilines is 3. The van der Waals surface area contributed by atoms with Gasteiger partial charge >= 0.3 is 0 Å². The van der Waals surface area contributed by atoms with Gasteiger partial charge in [0.25, 0.3) is 16.8 Å². The zero-order valence-corrected chi connectivity index (χ0v) is 20.1. The van der Waals surface area contributed by atoms with E-state index in [2.05, 4.69) is 27.6 Å². The molecule has 0 bridgehead atoms. The van der Waals surface area contributed by atoms with Crippen LogP contribution >= 0.6 is 0 Å². The van der Waals surface area contributed by atoms with E-state index in [1.54, 1.807) is 18.8 Å². The van der Waals surface area contributed by atoms with Crippen molar-refractivity contribution in [2.45, 2.75) is 45.6 Å². The maximum atomic E-state index is 12.6. The quantitative estimate of drug-likeness (QED) is 0.453. The Bertz CT molecular complexity index is 1310. The van der Waals surface area contributed by atoms with Crippen LogP contribution in [0.25, 0.3) is 0 Å². The first kappa shape index (κ1) is 23.5. The average molecular weight is 467 g/mol. The summed E-state index contributed by atoms with van der Waals surface area (Å²) >= 11 is 0. The summed E-state index contributed by atoms with van der Waals surface area (Å²) in [5.41, 5.74) is 0.571. The first-order valence-corrected chi connectivity index (χ1v) is 11.3. The number of aromatic nitrogens is 3. The second-order valence-electron chi connectivity index (χ2n) is 9.60. The van der Waals surface area contributed by atoms with Crippen molar-refractivity contribution in [1.82, 2.24) is 19.7 Å². The Hall–Kier alpha value is -3.69. The van der Waals surface area contributed by atoms with Gasteiger partial charge in [0.05, 0.1) is 17.4 Å². The van der Waals surface area contributed by atoms with E-state index in [1.165, 1.54) is 17.2 Å². The van der Waals surface area contributed by atoms with Crippen LogP contribution in [0, 0.1) is 12.3 Å². The van der Waals surface area contributed by atoms with E-state index in [9.17, 15) is 19.5 Å². The van der Waals surface area contributed by atoms with Gasteiger partial charge in [-0.3, -0.25) is 19.1 Å². The lowest BCUT2D eigenvalue weighted by Gasteiger charge is -2.35. The summed E-state index contributed by atoms with van der Waals surface area (Å²) in [6.45, 7) is 4.16. The van der Waals surface area contributed by atoms with Gasteiger partial charge in [0, 0.05) is 33.5 Å². The second-order valence-corrected chi connectivity index (χ2v) is 9.60. The number of rotatable bonds is 7. The fraction of sp³-hybridized carbons (Fsp3) is 0.458. The first-order chi connectivity index (χ1) is 16.0. The maximum absolute atomic E-state index is 12.6. The van der Waals surface area contributed by atoms with Crippen LogP contribution in [0.15, 0.2) is 28.0 Å². The molecule has 1 aromatic carbocycles. The molecule has 0 aliphatic heterocycles. The lowest BCUT2D eigenvalue weighted by atomic mass is 9.78. The number of hydrogen-bond acceptors (Lipinski definition) is 8. The number of carbonyl (C=O) groups excluding carboxylic acids is 1. The van der Waals surface area contributed by atoms with Crippen LogP contribution in [0.1, 0.15) is 60.4 Å². The van der Waals surface area contributed by atoms with Crippen molar-refractivity contribution in [3.05, 3.63) is 55.9 Å². The zero-order chi connectivity index (χ0) is 24.8. The Balaban J connectivity index is 1.70. The third-order valence-electron chi connectivity index (χ3n) is 6.76. The van der Waals surface area contributed by atoms with Crippen LogP contribution in [0.4, 0.5) is 17.1 Å². The highest BCUT2D eigenvalue weighted by Crippen LogP contribution is 2.49. The molecule has 1 aliphatic carbocycles. The summed E-state index contributed by atoms with van der Waals surface area (Å²) in [5.74, 6) is -0.871. The van der Waals surface area contributed by atoms with Crippen LogP contribution in [0.2, 0.25) is 0 Å². The van der Waals surface area contributed by atoms with E-state index in [0.717, 1.165) is 36.9 Å². The lowest BCUT2D eigenvalue weighted by molar-refractivity contribution is 0.0819. The molecule has 10 heteroatoms. The van der Waals surface area contributed by atoms with Gasteiger partial charge in [-0.05, 0) is 36.8 Å². The second kappa shape index (κ2) is 8.58. The molecule has 3 N–H and O–H groups in total. The van der Waals surface area contributed by atoms with E-state index < -0.39 is 16.8 Å². The van der Waals surface area contributed by atoms with Crippen molar-refractivity contribution in [2.75, 3.05) is 24.7 Å². The molecule has 2 aromatic heterocycles. The minimum Gasteiger partial charge on any atom is -0.504 e. The minimum absolute atomic E-state index is 0.0509. The van der Waals surface area contributed by atoms with Gasteiger partial charge in [-0.1, -0.05) is 19.8 Å². The molecule has 1 atom stereocenters. The lowest BCUT2D eigenvalue weighted by Crippen LogP contribution is -2.40. The highest BCUT2D eigenvalue weighted by Gasteiger charge is 2.41. The number of nitrogens with one attached hydrogen (secondary N) is 2. The molecular weight excluding hydrogens is 436 g/mol. The minimum atomic E-state index is -0.688. The number of carbonyl (C=O) groups is 1. The van der Waals surface area contributed by atoms with Crippen molar-refractivity contribution in [3.8, 4) is 5.75 Å². The Morgan fingerprint density at radius 2 is 1.85 bits per heavy atom. The van der Waals surface area contributed by atoms with E-state index in [4.69, 9.17) is 0 Å². The van der Waals surface area contributed by atoms with Crippen LogP contribution in [0.5, 0.6) is 5.75 Å². The highest BCUT2D eigenvalue weighted by molar-refractivity contribution is 5.97. The number of aryl methyl sites for hydroxylation is 2. The topological polar surface area (TPSA) is 129 Å². The maximum Gasteiger partial charge on any atom is 0.275 e. The molecule has 1 amide bonds. The molecule has 1 saturated carbocycles. The first-order valence-electron chi connectivity index (χ1n) is 11.3. The van der Waals surface area contributed by atoms with Crippen molar-refractivity contribution < 1.29 is 9.90 Å². The van der Waals surface area contributed by atoms with E-state index in [-0.39, 0.29) is 40.0 Å². The SMILES string of the molecule is Cc1cn(C)nc1[C@H](Nc1c(Nc2ccnc(C(=O)N(C)C)c2O)c(=O)c1=O)C1(C)CCCC1. The molecule has 1 fully saturated rings. The molecule has 10 nitrogen and oxygen atoms in total. The zero-order valence-electron chi connectivity index (χ0n) is 20.1. The average Bonchev–Trinajstić information content (AvgIpc) is 3.38. The number of amides is 1. The standard InChI is InChI=1S/C24H30N6O4/c1-13-12-30(5)28-15(13)22(24(2)9-6-7-10-24)27-17-16(20(32)21(17)33)26-14-8-11-25-18(19(14)31)23(34)29(3)4/h8,11-12,22,27,31H,6-7,9-10H2,1-5H3,(H,25,26)/t22-/m0/s1. The third-order valence-corrected chi connectivity index (χ3v) is 6.76. The monoisotopic (exact) mass is 466 g/mol. The number of hydrogen-bond donors (Lipinski definition) is 3. The van der Waals surface area contributed by atoms with Crippen molar-refractivity contribution in [2.24, 2.45) is 12.5 Å². The highest BCUT2D eigenvalue weighted by atomic mass is 16.3. The van der Waals surface area contributed by atoms with Gasteiger partial charge < -0.3 is 20.6 Å². The number of pyridine rings is 1. The normalized spacial score (nSPS) is 15.9. The molecule has 0 spiro atoms. The summed E-state index contributed by atoms with van der Waals surface area (Å²) in [6.07, 6.45) is 7.41. The molecule has 2 heterocycles. The van der Waals surface area contributed by atoms with E-state index in [1.807, 2.05) is 20.2 Å². The van der Waals surface area contributed by atoms with Gasteiger partial charge in [0.2, 0.25) is 0 Å². The van der Waals surface area contributed by atoms with E-state index in [0.29, 0.717) is 0 Å². The Labute approximate surface area is 197 Å². The molecular formula is C24H30N6O4. The summed E-state index contributed by atoms with van der Waals surface area (Å²) in [5, 5.41) is 21.4. The molecule has 34 heavy (non-hydrogen) atoms. The van der Waals surface area contributed by atoms with Crippen molar-refractivity contribution >= 4 is 23.0 Å². The summed E-state index contributed by atoms with van der Waals surface area (Å²) < 4.78 is 1.75. The summed E-state index contributed by atoms with van der Waals surface area (Å²) in [6, 6.07) is 1.18. The fourth-order valence-electron chi connectivity index (χ4n) is 4.80. The molecule has 4 rings (SSSR count). The number of nitrogens with zero attached hydrogens (tertiary/aromatic N) is 4. The summed E-state index contributed by atoms with van der Waals surface area (Å²) in [7, 11) is 4.95. The van der Waals surface area contributed by atoms with Gasteiger partial charge in [0.15, 0.2) is 11.4 Å². The third kappa shape index (κ3) is 3.93. The summed E-state index contributed by atoms with van der Waals surface area (Å²) in [4.78, 5) is 42.7. The molecule has 0 saturated heterocycles. The van der Waals surface area contributed by atoms with Gasteiger partial charge in [0.1, 0.15) is 11.4 Å². The molecule has 3 aromatic rings. The van der Waals surface area contributed by atoms with Crippen LogP contribution in [-0.4, -0.2) is 44.8 Å². The molecule has 1 aliphatic rings. The van der Waals surface area contributed by atoms with Crippen LogP contribution in [0.3, 0.4) is 0 Å². The molecule has 180 valence electrons. The predicted octanol–water partition coefficient (Wildman–Crippen LogP) is 2.60. The van der Waals surface area contributed by atoms with E-state index >= 15 is 0 Å². The van der Waals surface area contributed by atoms with Gasteiger partial charge in [-0.2, -0.15) is 5.10 Å². The number of aromatic hydroxyl groups is 1.